The number of carbonyl (C=O) groups is 3. The second kappa shape index (κ2) is 11.8. The molecule has 10 heteroatoms. The van der Waals surface area contributed by atoms with Gasteiger partial charge in [0.25, 0.3) is 11.8 Å². The van der Waals surface area contributed by atoms with Gasteiger partial charge in [0.2, 0.25) is 0 Å². The van der Waals surface area contributed by atoms with Gasteiger partial charge in [-0.25, -0.2) is 9.18 Å². The maximum Gasteiger partial charge on any atom is 0.410 e. The highest BCUT2D eigenvalue weighted by atomic mass is 19.1. The average molecular weight is 537 g/mol. The molecule has 1 fully saturated rings. The Labute approximate surface area is 227 Å². The summed E-state index contributed by atoms with van der Waals surface area (Å²) in [6.07, 6.45) is -0.304. The van der Waals surface area contributed by atoms with Crippen LogP contribution in [0, 0.1) is 17.1 Å². The van der Waals surface area contributed by atoms with Crippen molar-refractivity contribution in [3.05, 3.63) is 58.9 Å². The van der Waals surface area contributed by atoms with Gasteiger partial charge in [-0.2, -0.15) is 5.26 Å². The van der Waals surface area contributed by atoms with Gasteiger partial charge in [0.15, 0.2) is 6.10 Å². The van der Waals surface area contributed by atoms with Crippen molar-refractivity contribution >= 4 is 17.9 Å². The maximum atomic E-state index is 15.1. The molecule has 9 nitrogen and oxygen atoms in total. The van der Waals surface area contributed by atoms with E-state index in [9.17, 15) is 19.6 Å². The number of hydrogen-bond acceptors (Lipinski definition) is 6. The predicted molar refractivity (Wildman–Crippen MR) is 141 cm³/mol. The molecule has 2 aliphatic heterocycles. The van der Waals surface area contributed by atoms with Gasteiger partial charge in [-0.15, -0.1) is 0 Å². The molecule has 0 saturated carbocycles. The number of benzene rings is 2. The van der Waals surface area contributed by atoms with E-state index >= 15 is 4.39 Å². The molecule has 2 N–H and O–H groups in total. The first kappa shape index (κ1) is 28.0. The summed E-state index contributed by atoms with van der Waals surface area (Å²) in [5.41, 5.74) is 2.58. The standard InChI is InChI=1S/C29H33FN4O5/c1-29(2,3)39-28(37)34-11-4-12-38-25(17-34)27(36)33-22(16-31)14-21-6-5-19(15-24(21)30)18-7-8-23-20(13-18)9-10-32-26(23)35/h5-8,13,15,22,25H,4,9-12,14,17H2,1-3H3,(H,32,35)(H,33,36)/t22-,25?/m0/s1. The van der Waals surface area contributed by atoms with Crippen molar-refractivity contribution in [3.63, 3.8) is 0 Å². The van der Waals surface area contributed by atoms with Gasteiger partial charge in [0.05, 0.1) is 12.6 Å². The SMILES string of the molecule is CC(C)(C)OC(=O)N1CCCOC(C(=O)N[C@H](C#N)Cc2ccc(-c3ccc4c(c3)CCNC4=O)cc2F)C1. The van der Waals surface area contributed by atoms with E-state index in [1.165, 1.54) is 11.0 Å². The lowest BCUT2D eigenvalue weighted by Gasteiger charge is -2.27. The lowest BCUT2D eigenvalue weighted by atomic mass is 9.94. The summed E-state index contributed by atoms with van der Waals surface area (Å²) in [4.78, 5) is 38.9. The highest BCUT2D eigenvalue weighted by Crippen LogP contribution is 2.26. The summed E-state index contributed by atoms with van der Waals surface area (Å²) >= 11 is 0. The van der Waals surface area contributed by atoms with E-state index in [1.54, 1.807) is 45.0 Å². The number of fused-ring (bicyclic) bond motifs is 1. The van der Waals surface area contributed by atoms with E-state index in [1.807, 2.05) is 12.1 Å². The molecule has 3 amide bonds. The van der Waals surface area contributed by atoms with Crippen LogP contribution in [0.3, 0.4) is 0 Å². The minimum Gasteiger partial charge on any atom is -0.444 e. The Morgan fingerprint density at radius 3 is 2.72 bits per heavy atom. The maximum absolute atomic E-state index is 15.1. The second-order valence-corrected chi connectivity index (χ2v) is 10.7. The van der Waals surface area contributed by atoms with Crippen LogP contribution in [0.1, 0.15) is 48.7 Å². The Bertz CT molecular complexity index is 1300. The number of carbonyl (C=O) groups excluding carboxylic acids is 3. The van der Waals surface area contributed by atoms with Crippen molar-refractivity contribution in [2.45, 2.75) is 57.8 Å². The molecule has 2 aromatic rings. The zero-order valence-corrected chi connectivity index (χ0v) is 22.4. The molecule has 0 aromatic heterocycles. The minimum atomic E-state index is -0.998. The van der Waals surface area contributed by atoms with E-state index in [2.05, 4.69) is 10.6 Å². The molecular formula is C29H33FN4O5. The molecule has 0 bridgehead atoms. The molecule has 0 spiro atoms. The van der Waals surface area contributed by atoms with Gasteiger partial charge >= 0.3 is 6.09 Å². The zero-order chi connectivity index (χ0) is 28.2. The quantitative estimate of drug-likeness (QED) is 0.605. The monoisotopic (exact) mass is 536 g/mol. The van der Waals surface area contributed by atoms with Crippen LogP contribution in [0.15, 0.2) is 36.4 Å². The molecular weight excluding hydrogens is 503 g/mol. The smallest absolute Gasteiger partial charge is 0.410 e. The highest BCUT2D eigenvalue weighted by Gasteiger charge is 2.31. The average Bonchev–Trinajstić information content (AvgIpc) is 3.15. The van der Waals surface area contributed by atoms with Crippen LogP contribution in [0.4, 0.5) is 9.18 Å². The largest absolute Gasteiger partial charge is 0.444 e. The number of hydrogen-bond donors (Lipinski definition) is 2. The van der Waals surface area contributed by atoms with Crippen LogP contribution in [-0.2, 0) is 27.1 Å². The van der Waals surface area contributed by atoms with Crippen molar-refractivity contribution in [2.75, 3.05) is 26.2 Å². The fourth-order valence-electron chi connectivity index (χ4n) is 4.59. The molecule has 1 unspecified atom stereocenters. The molecule has 2 aliphatic rings. The summed E-state index contributed by atoms with van der Waals surface area (Å²) in [7, 11) is 0. The molecule has 1 saturated heterocycles. The van der Waals surface area contributed by atoms with E-state index in [0.29, 0.717) is 37.1 Å². The van der Waals surface area contributed by atoms with Crippen LogP contribution in [0.25, 0.3) is 11.1 Å². The number of nitrogens with one attached hydrogen (secondary N) is 2. The van der Waals surface area contributed by atoms with E-state index in [0.717, 1.165) is 11.1 Å². The van der Waals surface area contributed by atoms with E-state index < -0.39 is 35.6 Å². The molecule has 4 rings (SSSR count). The van der Waals surface area contributed by atoms with Crippen LogP contribution in [0.5, 0.6) is 0 Å². The third-order valence-electron chi connectivity index (χ3n) is 6.53. The third kappa shape index (κ3) is 7.12. The molecule has 0 aliphatic carbocycles. The number of rotatable bonds is 5. The van der Waals surface area contributed by atoms with Gasteiger partial charge in [0.1, 0.15) is 17.5 Å². The van der Waals surface area contributed by atoms with Gasteiger partial charge in [-0.3, -0.25) is 9.59 Å². The van der Waals surface area contributed by atoms with Crippen LogP contribution in [0.2, 0.25) is 0 Å². The fraction of sp³-hybridized carbons (Fsp3) is 0.448. The van der Waals surface area contributed by atoms with Crippen molar-refractivity contribution < 1.29 is 28.2 Å². The molecule has 206 valence electrons. The topological polar surface area (TPSA) is 121 Å². The first-order valence-corrected chi connectivity index (χ1v) is 13.0. The number of nitrogens with zero attached hydrogens (tertiary/aromatic N) is 2. The lowest BCUT2D eigenvalue weighted by molar-refractivity contribution is -0.133. The Morgan fingerprint density at radius 2 is 2.00 bits per heavy atom. The zero-order valence-electron chi connectivity index (χ0n) is 22.4. The Morgan fingerprint density at radius 1 is 1.26 bits per heavy atom. The molecule has 2 aromatic carbocycles. The second-order valence-electron chi connectivity index (χ2n) is 10.7. The molecule has 39 heavy (non-hydrogen) atoms. The van der Waals surface area contributed by atoms with Crippen molar-refractivity contribution in [1.29, 1.82) is 5.26 Å². The lowest BCUT2D eigenvalue weighted by Crippen LogP contribution is -2.48. The van der Waals surface area contributed by atoms with Gasteiger partial charge in [-0.1, -0.05) is 24.3 Å². The van der Waals surface area contributed by atoms with E-state index in [-0.39, 0.29) is 31.0 Å². The summed E-state index contributed by atoms with van der Waals surface area (Å²) in [6.45, 7) is 6.50. The molecule has 2 heterocycles. The summed E-state index contributed by atoms with van der Waals surface area (Å²) in [5.74, 6) is -1.16. The predicted octanol–water partition coefficient (Wildman–Crippen LogP) is 3.36. The minimum absolute atomic E-state index is 0.00953. The van der Waals surface area contributed by atoms with Gasteiger partial charge in [0, 0.05) is 31.7 Å². The van der Waals surface area contributed by atoms with E-state index in [4.69, 9.17) is 9.47 Å². The Hall–Kier alpha value is -3.97. The first-order chi connectivity index (χ1) is 18.5. The normalized spacial score (nSPS) is 18.2. The molecule has 2 atom stereocenters. The van der Waals surface area contributed by atoms with Crippen LogP contribution >= 0.6 is 0 Å². The van der Waals surface area contributed by atoms with Crippen molar-refractivity contribution in [1.82, 2.24) is 15.5 Å². The summed E-state index contributed by atoms with van der Waals surface area (Å²) in [5, 5.41) is 15.1. The first-order valence-electron chi connectivity index (χ1n) is 13.0. The van der Waals surface area contributed by atoms with Crippen molar-refractivity contribution in [2.24, 2.45) is 0 Å². The third-order valence-corrected chi connectivity index (χ3v) is 6.53. The summed E-state index contributed by atoms with van der Waals surface area (Å²) in [6, 6.07) is 11.2. The van der Waals surface area contributed by atoms with Crippen LogP contribution < -0.4 is 10.6 Å². The number of amides is 3. The Balaban J connectivity index is 1.41. The highest BCUT2D eigenvalue weighted by molar-refractivity contribution is 5.97. The van der Waals surface area contributed by atoms with Crippen LogP contribution in [-0.4, -0.2) is 66.8 Å². The summed E-state index contributed by atoms with van der Waals surface area (Å²) < 4.78 is 26.1. The van der Waals surface area contributed by atoms with Crippen molar-refractivity contribution in [3.8, 4) is 17.2 Å². The fourth-order valence-corrected chi connectivity index (χ4v) is 4.59. The Kier molecular flexibility index (Phi) is 8.51. The van der Waals surface area contributed by atoms with Gasteiger partial charge < -0.3 is 25.0 Å². The molecule has 0 radical (unpaired) electrons. The van der Waals surface area contributed by atoms with Gasteiger partial charge in [-0.05, 0) is 68.0 Å². The number of halogens is 1. The number of ether oxygens (including phenoxy) is 2. The number of nitriles is 1.